The maximum absolute atomic E-state index is 13.4. The zero-order chi connectivity index (χ0) is 26.7. The number of benzene rings is 4. The molecule has 0 radical (unpaired) electrons. The van der Waals surface area contributed by atoms with Crippen LogP contribution in [-0.4, -0.2) is 35.7 Å². The van der Waals surface area contributed by atoms with E-state index in [2.05, 4.69) is 14.5 Å². The van der Waals surface area contributed by atoms with Crippen molar-refractivity contribution in [1.82, 2.24) is 0 Å². The lowest BCUT2D eigenvalue weighted by Gasteiger charge is -2.34. The van der Waals surface area contributed by atoms with Gasteiger partial charge in [0.25, 0.3) is 10.0 Å². The minimum absolute atomic E-state index is 0.225. The lowest BCUT2D eigenvalue weighted by atomic mass is 10.1. The number of sulfonamides is 1. The lowest BCUT2D eigenvalue weighted by Crippen LogP contribution is -2.32. The number of methoxy groups -OCH3 is 2. The van der Waals surface area contributed by atoms with Crippen LogP contribution in [0.25, 0.3) is 0 Å². The second kappa shape index (κ2) is 10.7. The van der Waals surface area contributed by atoms with Crippen molar-refractivity contribution in [3.8, 4) is 11.5 Å². The summed E-state index contributed by atoms with van der Waals surface area (Å²) in [5.74, 6) is 1.56. The second-order valence-electron chi connectivity index (χ2n) is 9.16. The van der Waals surface area contributed by atoms with Crippen molar-refractivity contribution in [1.29, 1.82) is 0 Å². The van der Waals surface area contributed by atoms with Gasteiger partial charge in [-0.25, -0.2) is 8.42 Å². The normalized spacial score (nSPS) is 14.0. The molecule has 1 N–H and O–H groups in total. The molecule has 0 atom stereocenters. The largest absolute Gasteiger partial charge is 0.497 e. The van der Waals surface area contributed by atoms with E-state index in [1.165, 1.54) is 0 Å². The highest BCUT2D eigenvalue weighted by Gasteiger charge is 2.35. The fourth-order valence-electron chi connectivity index (χ4n) is 4.79. The van der Waals surface area contributed by atoms with E-state index < -0.39 is 10.0 Å². The molecule has 196 valence electrons. The summed E-state index contributed by atoms with van der Waals surface area (Å²) < 4.78 is 40.3. The molecule has 38 heavy (non-hydrogen) atoms. The van der Waals surface area contributed by atoms with Crippen LogP contribution in [-0.2, 0) is 10.0 Å². The van der Waals surface area contributed by atoms with Crippen LogP contribution in [0.5, 0.6) is 11.5 Å². The molecule has 0 spiro atoms. The van der Waals surface area contributed by atoms with Crippen molar-refractivity contribution < 1.29 is 17.9 Å². The first-order valence-corrected chi connectivity index (χ1v) is 13.9. The van der Waals surface area contributed by atoms with Gasteiger partial charge in [0.1, 0.15) is 17.7 Å². The van der Waals surface area contributed by atoms with Crippen LogP contribution in [0.3, 0.4) is 0 Å². The molecule has 1 heterocycles. The Balaban J connectivity index is 1.57. The highest BCUT2D eigenvalue weighted by Crippen LogP contribution is 2.41. The van der Waals surface area contributed by atoms with E-state index in [1.807, 2.05) is 79.7 Å². The molecule has 0 amide bonds. The van der Waals surface area contributed by atoms with Gasteiger partial charge in [-0.1, -0.05) is 35.9 Å². The summed E-state index contributed by atoms with van der Waals surface area (Å²) in [6.45, 7) is 3.44. The maximum Gasteiger partial charge on any atom is 0.261 e. The molecule has 0 unspecified atom stereocenters. The van der Waals surface area contributed by atoms with E-state index in [9.17, 15) is 8.42 Å². The number of hydrogen-bond donors (Lipinski definition) is 1. The summed E-state index contributed by atoms with van der Waals surface area (Å²) in [5.41, 5.74) is 4.43. The molecule has 4 aromatic carbocycles. The quantitative estimate of drug-likeness (QED) is 0.309. The summed E-state index contributed by atoms with van der Waals surface area (Å²) in [6.07, 6.45) is -0.256. The van der Waals surface area contributed by atoms with Crippen LogP contribution in [0.4, 0.5) is 17.1 Å². The van der Waals surface area contributed by atoms with E-state index in [1.54, 1.807) is 38.5 Å². The van der Waals surface area contributed by atoms with E-state index in [0.717, 1.165) is 47.1 Å². The van der Waals surface area contributed by atoms with Gasteiger partial charge >= 0.3 is 0 Å². The standard InChI is InChI=1S/C30H31N3O4S/c1-22-8-18-27(19-9-22)38(34,35)31-29-7-5-4-6-28(29)30-32(23-10-14-25(36-2)15-11-23)20-21-33(30)24-12-16-26(37-3)17-13-24/h4-19,30-31H,20-21H2,1-3H3. The summed E-state index contributed by atoms with van der Waals surface area (Å²) in [7, 11) is -0.488. The highest BCUT2D eigenvalue weighted by molar-refractivity contribution is 7.92. The molecule has 0 bridgehead atoms. The monoisotopic (exact) mass is 529 g/mol. The second-order valence-corrected chi connectivity index (χ2v) is 10.8. The topological polar surface area (TPSA) is 71.1 Å². The Morgan fingerprint density at radius 2 is 1.21 bits per heavy atom. The molecule has 7 nitrogen and oxygen atoms in total. The third kappa shape index (κ3) is 5.13. The van der Waals surface area contributed by atoms with Gasteiger partial charge in [0.2, 0.25) is 0 Å². The van der Waals surface area contributed by atoms with E-state index in [-0.39, 0.29) is 11.1 Å². The van der Waals surface area contributed by atoms with Crippen molar-refractivity contribution in [2.75, 3.05) is 41.8 Å². The number of aryl methyl sites for hydroxylation is 1. The van der Waals surface area contributed by atoms with Gasteiger partial charge in [-0.05, 0) is 73.7 Å². The zero-order valence-electron chi connectivity index (χ0n) is 21.7. The Morgan fingerprint density at radius 3 is 1.71 bits per heavy atom. The Hall–Kier alpha value is -4.17. The van der Waals surface area contributed by atoms with Gasteiger partial charge in [-0.15, -0.1) is 0 Å². The number of rotatable bonds is 8. The van der Waals surface area contributed by atoms with Crippen molar-refractivity contribution in [3.63, 3.8) is 0 Å². The van der Waals surface area contributed by atoms with Crippen molar-refractivity contribution in [2.24, 2.45) is 0 Å². The van der Waals surface area contributed by atoms with Crippen molar-refractivity contribution >= 4 is 27.1 Å². The summed E-state index contributed by atoms with van der Waals surface area (Å²) >= 11 is 0. The first-order valence-electron chi connectivity index (χ1n) is 12.4. The number of nitrogens with one attached hydrogen (secondary N) is 1. The van der Waals surface area contributed by atoms with Gasteiger partial charge in [-0.2, -0.15) is 0 Å². The number of nitrogens with zero attached hydrogens (tertiary/aromatic N) is 2. The zero-order valence-corrected chi connectivity index (χ0v) is 22.5. The smallest absolute Gasteiger partial charge is 0.261 e. The number of hydrogen-bond acceptors (Lipinski definition) is 6. The van der Waals surface area contributed by atoms with E-state index in [4.69, 9.17) is 9.47 Å². The SMILES string of the molecule is COc1ccc(N2CCN(c3ccc(OC)cc3)C2c2ccccc2NS(=O)(=O)c2ccc(C)cc2)cc1. The molecule has 1 aliphatic heterocycles. The van der Waals surface area contributed by atoms with Crippen LogP contribution in [0.1, 0.15) is 17.3 Å². The van der Waals surface area contributed by atoms with Gasteiger partial charge < -0.3 is 19.3 Å². The average Bonchev–Trinajstić information content (AvgIpc) is 3.38. The molecule has 1 fully saturated rings. The molecule has 0 aliphatic carbocycles. The van der Waals surface area contributed by atoms with Crippen molar-refractivity contribution in [3.05, 3.63) is 108 Å². The fraction of sp³-hybridized carbons (Fsp3) is 0.200. The molecular weight excluding hydrogens is 498 g/mol. The van der Waals surface area contributed by atoms with E-state index >= 15 is 0 Å². The molecule has 4 aromatic rings. The number of ether oxygens (including phenoxy) is 2. The molecule has 0 saturated carbocycles. The molecule has 8 heteroatoms. The Kier molecular flexibility index (Phi) is 7.15. The summed E-state index contributed by atoms with van der Waals surface area (Å²) in [4.78, 5) is 4.79. The van der Waals surface area contributed by atoms with Crippen LogP contribution in [0, 0.1) is 6.92 Å². The third-order valence-electron chi connectivity index (χ3n) is 6.79. The van der Waals surface area contributed by atoms with E-state index in [0.29, 0.717) is 5.69 Å². The predicted molar refractivity (Wildman–Crippen MR) is 152 cm³/mol. The van der Waals surface area contributed by atoms with Crippen LogP contribution in [0.15, 0.2) is 102 Å². The first kappa shape index (κ1) is 25.5. The van der Waals surface area contributed by atoms with Gasteiger partial charge in [0.05, 0.1) is 24.8 Å². The number of anilines is 3. The maximum atomic E-state index is 13.4. The minimum atomic E-state index is -3.78. The highest BCUT2D eigenvalue weighted by atomic mass is 32.2. The van der Waals surface area contributed by atoms with Crippen LogP contribution >= 0.6 is 0 Å². The fourth-order valence-corrected chi connectivity index (χ4v) is 5.88. The summed E-state index contributed by atoms with van der Waals surface area (Å²) in [5, 5.41) is 0. The van der Waals surface area contributed by atoms with Gasteiger partial charge in [-0.3, -0.25) is 4.72 Å². The first-order chi connectivity index (χ1) is 18.4. The Labute approximate surface area is 224 Å². The lowest BCUT2D eigenvalue weighted by molar-refractivity contribution is 0.414. The molecule has 5 rings (SSSR count). The molecular formula is C30H31N3O4S. The number of para-hydroxylation sites is 1. The minimum Gasteiger partial charge on any atom is -0.497 e. The van der Waals surface area contributed by atoms with Gasteiger partial charge in [0.15, 0.2) is 0 Å². The Bertz CT molecular complexity index is 1430. The molecule has 0 aromatic heterocycles. The molecule has 1 saturated heterocycles. The van der Waals surface area contributed by atoms with Crippen LogP contribution < -0.4 is 24.0 Å². The third-order valence-corrected chi connectivity index (χ3v) is 8.18. The van der Waals surface area contributed by atoms with Gasteiger partial charge in [0, 0.05) is 30.0 Å². The van der Waals surface area contributed by atoms with Crippen LogP contribution in [0.2, 0.25) is 0 Å². The average molecular weight is 530 g/mol. The molecule has 1 aliphatic rings. The Morgan fingerprint density at radius 1 is 0.711 bits per heavy atom. The summed E-state index contributed by atoms with van der Waals surface area (Å²) in [6, 6.07) is 30.3. The van der Waals surface area contributed by atoms with Crippen molar-refractivity contribution in [2.45, 2.75) is 18.0 Å². The predicted octanol–water partition coefficient (Wildman–Crippen LogP) is 5.84.